The minimum Gasteiger partial charge on any atom is -0.350 e. The van der Waals surface area contributed by atoms with Crippen molar-refractivity contribution >= 4 is 11.7 Å². The highest BCUT2D eigenvalue weighted by Gasteiger charge is 2.40. The van der Waals surface area contributed by atoms with Crippen molar-refractivity contribution < 1.29 is 13.6 Å². The number of aryl methyl sites for hydroxylation is 2. The molecule has 1 fully saturated rings. The molecular formula is C19H20F2N4O. The number of alkyl halides is 2. The van der Waals surface area contributed by atoms with Gasteiger partial charge < -0.3 is 10.2 Å². The van der Waals surface area contributed by atoms with Gasteiger partial charge in [-0.3, -0.25) is 4.79 Å². The average molecular weight is 358 g/mol. The van der Waals surface area contributed by atoms with Crippen molar-refractivity contribution in [3.63, 3.8) is 0 Å². The number of halogens is 2. The van der Waals surface area contributed by atoms with Crippen molar-refractivity contribution in [1.82, 2.24) is 15.3 Å². The second-order valence-corrected chi connectivity index (χ2v) is 6.81. The van der Waals surface area contributed by atoms with Crippen molar-refractivity contribution in [2.75, 3.05) is 24.5 Å². The number of hydrogen-bond acceptors (Lipinski definition) is 4. The van der Waals surface area contributed by atoms with Gasteiger partial charge in [-0.2, -0.15) is 0 Å². The Bertz CT molecular complexity index is 826. The minimum atomic E-state index is -2.71. The van der Waals surface area contributed by atoms with E-state index < -0.39 is 5.92 Å². The van der Waals surface area contributed by atoms with Gasteiger partial charge in [-0.25, -0.2) is 18.7 Å². The topological polar surface area (TPSA) is 58.1 Å². The molecule has 0 unspecified atom stereocenters. The molecule has 0 saturated carbocycles. The molecule has 0 atom stereocenters. The highest BCUT2D eigenvalue weighted by molar-refractivity contribution is 5.96. The van der Waals surface area contributed by atoms with Gasteiger partial charge in [0.25, 0.3) is 11.8 Å². The molecule has 5 nitrogen and oxygen atoms in total. The Morgan fingerprint density at radius 3 is 2.69 bits per heavy atom. The smallest absolute Gasteiger partial charge is 0.270 e. The van der Waals surface area contributed by atoms with Crippen molar-refractivity contribution in [1.29, 1.82) is 0 Å². The van der Waals surface area contributed by atoms with E-state index in [0.29, 0.717) is 42.3 Å². The number of nitrogens with one attached hydrogen (secondary N) is 1. The van der Waals surface area contributed by atoms with Gasteiger partial charge in [-0.05, 0) is 18.4 Å². The predicted octanol–water partition coefficient (Wildman–Crippen LogP) is 2.39. The molecule has 1 N–H and O–H groups in total. The zero-order chi connectivity index (χ0) is 18.1. The van der Waals surface area contributed by atoms with Crippen molar-refractivity contribution in [2.24, 2.45) is 0 Å². The monoisotopic (exact) mass is 358 g/mol. The first-order chi connectivity index (χ1) is 12.5. The summed E-state index contributed by atoms with van der Waals surface area (Å²) in [4.78, 5) is 22.9. The van der Waals surface area contributed by atoms with Crippen LogP contribution in [0, 0.1) is 0 Å². The number of carbonyl (C=O) groups is 1. The first kappa shape index (κ1) is 16.9. The third-order valence-corrected chi connectivity index (χ3v) is 4.86. The summed E-state index contributed by atoms with van der Waals surface area (Å²) in [7, 11) is 0. The van der Waals surface area contributed by atoms with E-state index in [1.807, 2.05) is 30.3 Å². The summed E-state index contributed by atoms with van der Waals surface area (Å²) < 4.78 is 27.4. The Labute approximate surface area is 150 Å². The van der Waals surface area contributed by atoms with E-state index in [0.717, 1.165) is 12.0 Å². The fourth-order valence-electron chi connectivity index (χ4n) is 3.51. The molecule has 2 aliphatic heterocycles. The molecule has 0 bridgehead atoms. The number of rotatable bonds is 4. The van der Waals surface area contributed by atoms with Crippen LogP contribution >= 0.6 is 0 Å². The third-order valence-electron chi connectivity index (χ3n) is 4.86. The molecule has 0 aliphatic carbocycles. The van der Waals surface area contributed by atoms with Crippen molar-refractivity contribution in [2.45, 2.75) is 31.6 Å². The van der Waals surface area contributed by atoms with Gasteiger partial charge in [-0.1, -0.05) is 30.3 Å². The second kappa shape index (κ2) is 6.63. The molecule has 7 heteroatoms. The molecule has 26 heavy (non-hydrogen) atoms. The average Bonchev–Trinajstić information content (AvgIpc) is 3.00. The first-order valence-electron chi connectivity index (χ1n) is 8.86. The standard InChI is InChI=1S/C19H20F2N4O/c20-19(21)9-11-25(12-19)17-14-8-10-22-18(26)16(14)23-15(24-17)7-6-13-4-2-1-3-5-13/h1-5H,6-12H2,(H,22,26). The quantitative estimate of drug-likeness (QED) is 0.912. The highest BCUT2D eigenvalue weighted by Crippen LogP contribution is 2.33. The van der Waals surface area contributed by atoms with Crippen LogP contribution in [0.4, 0.5) is 14.6 Å². The van der Waals surface area contributed by atoms with Gasteiger partial charge in [0.15, 0.2) is 0 Å². The lowest BCUT2D eigenvalue weighted by atomic mass is 10.0. The minimum absolute atomic E-state index is 0.183. The SMILES string of the molecule is O=C1NCCc2c1nc(CCc1ccccc1)nc2N1CCC(F)(F)C1. The highest BCUT2D eigenvalue weighted by atomic mass is 19.3. The number of anilines is 1. The van der Waals surface area contributed by atoms with Gasteiger partial charge in [0.05, 0.1) is 6.54 Å². The molecule has 0 radical (unpaired) electrons. The Hall–Kier alpha value is -2.57. The molecule has 136 valence electrons. The number of hydrogen-bond donors (Lipinski definition) is 1. The Morgan fingerprint density at radius 2 is 1.96 bits per heavy atom. The first-order valence-corrected chi connectivity index (χ1v) is 8.86. The van der Waals surface area contributed by atoms with Crippen LogP contribution in [-0.2, 0) is 19.3 Å². The van der Waals surface area contributed by atoms with Crippen LogP contribution in [0.5, 0.6) is 0 Å². The van der Waals surface area contributed by atoms with Gasteiger partial charge >= 0.3 is 0 Å². The summed E-state index contributed by atoms with van der Waals surface area (Å²) in [6, 6.07) is 9.93. The summed E-state index contributed by atoms with van der Waals surface area (Å²) in [5.74, 6) is -1.93. The molecule has 2 aliphatic rings. The van der Waals surface area contributed by atoms with E-state index in [2.05, 4.69) is 15.3 Å². The largest absolute Gasteiger partial charge is 0.350 e. The fraction of sp³-hybridized carbons (Fsp3) is 0.421. The van der Waals surface area contributed by atoms with E-state index in [1.165, 1.54) is 0 Å². The summed E-state index contributed by atoms with van der Waals surface area (Å²) in [5, 5.41) is 2.78. The van der Waals surface area contributed by atoms with Crippen LogP contribution in [-0.4, -0.2) is 41.4 Å². The lowest BCUT2D eigenvalue weighted by molar-refractivity contribution is 0.0256. The number of benzene rings is 1. The van der Waals surface area contributed by atoms with Crippen molar-refractivity contribution in [3.05, 3.63) is 53.0 Å². The van der Waals surface area contributed by atoms with E-state index in [9.17, 15) is 13.6 Å². The number of aromatic nitrogens is 2. The molecule has 4 rings (SSSR count). The van der Waals surface area contributed by atoms with Gasteiger partial charge in [0.1, 0.15) is 17.3 Å². The van der Waals surface area contributed by atoms with E-state index in [1.54, 1.807) is 4.90 Å². The summed E-state index contributed by atoms with van der Waals surface area (Å²) in [5.41, 5.74) is 2.17. The number of amides is 1. The molecule has 3 heterocycles. The molecule has 2 aromatic rings. The maximum atomic E-state index is 13.7. The zero-order valence-corrected chi connectivity index (χ0v) is 14.3. The van der Waals surface area contributed by atoms with Crippen LogP contribution in [0.1, 0.15) is 33.9 Å². The van der Waals surface area contributed by atoms with Gasteiger partial charge in [0.2, 0.25) is 0 Å². The van der Waals surface area contributed by atoms with Crippen LogP contribution < -0.4 is 10.2 Å². The molecule has 1 saturated heterocycles. The van der Waals surface area contributed by atoms with Crippen LogP contribution in [0.15, 0.2) is 30.3 Å². The van der Waals surface area contributed by atoms with E-state index in [4.69, 9.17) is 0 Å². The Morgan fingerprint density at radius 1 is 1.15 bits per heavy atom. The maximum absolute atomic E-state index is 13.7. The van der Waals surface area contributed by atoms with Gasteiger partial charge in [0, 0.05) is 31.5 Å². The van der Waals surface area contributed by atoms with Crippen LogP contribution in [0.25, 0.3) is 0 Å². The van der Waals surface area contributed by atoms with Crippen LogP contribution in [0.2, 0.25) is 0 Å². The maximum Gasteiger partial charge on any atom is 0.270 e. The number of fused-ring (bicyclic) bond motifs is 1. The molecule has 1 amide bonds. The molecule has 0 spiro atoms. The van der Waals surface area contributed by atoms with Crippen molar-refractivity contribution in [3.8, 4) is 0 Å². The predicted molar refractivity (Wildman–Crippen MR) is 93.7 cm³/mol. The number of nitrogens with zero attached hydrogens (tertiary/aromatic N) is 3. The Balaban J connectivity index is 1.66. The number of carbonyl (C=O) groups excluding carboxylic acids is 1. The lowest BCUT2D eigenvalue weighted by Gasteiger charge is -2.25. The molecule has 1 aromatic carbocycles. The van der Waals surface area contributed by atoms with E-state index >= 15 is 0 Å². The van der Waals surface area contributed by atoms with Crippen LogP contribution in [0.3, 0.4) is 0 Å². The summed E-state index contributed by atoms with van der Waals surface area (Å²) >= 11 is 0. The third kappa shape index (κ3) is 3.38. The molecular weight excluding hydrogens is 338 g/mol. The summed E-state index contributed by atoms with van der Waals surface area (Å²) in [6.07, 6.45) is 1.67. The van der Waals surface area contributed by atoms with E-state index in [-0.39, 0.29) is 25.4 Å². The second-order valence-electron chi connectivity index (χ2n) is 6.81. The lowest BCUT2D eigenvalue weighted by Crippen LogP contribution is -2.36. The molecule has 1 aromatic heterocycles. The zero-order valence-electron chi connectivity index (χ0n) is 14.3. The fourth-order valence-corrected chi connectivity index (χ4v) is 3.51. The summed E-state index contributed by atoms with van der Waals surface area (Å²) in [6.45, 7) is 0.377. The van der Waals surface area contributed by atoms with Gasteiger partial charge in [-0.15, -0.1) is 0 Å². The Kier molecular flexibility index (Phi) is 4.30. The normalized spacial score (nSPS) is 18.5.